The molecule has 3 saturated carbocycles. The Labute approximate surface area is 179 Å². The third-order valence-corrected chi connectivity index (χ3v) is 10.4. The molecule has 0 radical (unpaired) electrons. The zero-order valence-corrected chi connectivity index (χ0v) is 19.2. The van der Waals surface area contributed by atoms with Crippen molar-refractivity contribution in [3.63, 3.8) is 0 Å². The first kappa shape index (κ1) is 21.6. The fourth-order valence-corrected chi connectivity index (χ4v) is 8.70. The third-order valence-electron chi connectivity index (χ3n) is 10.4. The number of carbonyl (C=O) groups excluding carboxylic acids is 2. The topological polar surface area (TPSA) is 83.8 Å². The van der Waals surface area contributed by atoms with Gasteiger partial charge in [-0.25, -0.2) is 0 Å². The van der Waals surface area contributed by atoms with Crippen molar-refractivity contribution in [3.8, 4) is 0 Å². The largest absolute Gasteiger partial charge is 0.511 e. The number of aliphatic hydroxyl groups is 2. The Kier molecular flexibility index (Phi) is 4.32. The zero-order valence-electron chi connectivity index (χ0n) is 19.2. The first-order chi connectivity index (χ1) is 13.8. The van der Waals surface area contributed by atoms with Crippen molar-refractivity contribution in [2.45, 2.75) is 72.8 Å². The summed E-state index contributed by atoms with van der Waals surface area (Å²) in [5.74, 6) is -0.704. The molecular weight excluding hydrogens is 380 g/mol. The van der Waals surface area contributed by atoms with E-state index in [1.807, 2.05) is 0 Å². The Hall–Kier alpha value is -1.62. The van der Waals surface area contributed by atoms with Crippen LogP contribution in [0.15, 0.2) is 24.0 Å². The minimum absolute atomic E-state index is 0.0263. The average Bonchev–Trinajstić information content (AvgIpc) is 2.88. The maximum Gasteiger partial charge on any atom is 0.321 e. The van der Waals surface area contributed by atoms with Crippen LogP contribution in [0.25, 0.3) is 0 Å². The van der Waals surface area contributed by atoms with Crippen LogP contribution >= 0.6 is 0 Å². The summed E-state index contributed by atoms with van der Waals surface area (Å²) in [6.07, 6.45) is 4.57. The van der Waals surface area contributed by atoms with E-state index in [9.17, 15) is 19.8 Å². The van der Waals surface area contributed by atoms with Crippen LogP contribution in [0.1, 0.15) is 66.7 Å². The summed E-state index contributed by atoms with van der Waals surface area (Å²) in [4.78, 5) is 27.1. The highest BCUT2D eigenvalue weighted by molar-refractivity contribution is 6.14. The maximum absolute atomic E-state index is 13.6. The molecule has 5 nitrogen and oxygen atoms in total. The molecule has 0 aromatic heterocycles. The van der Waals surface area contributed by atoms with Gasteiger partial charge in [-0.05, 0) is 67.1 Å². The van der Waals surface area contributed by atoms with Crippen molar-refractivity contribution in [2.24, 2.45) is 38.9 Å². The molecule has 0 aliphatic heterocycles. The summed E-state index contributed by atoms with van der Waals surface area (Å²) >= 11 is 0. The molecule has 0 heterocycles. The Bertz CT molecular complexity index is 871. The average molecular weight is 417 g/mol. The second-order valence-electron chi connectivity index (χ2n) is 11.5. The van der Waals surface area contributed by atoms with E-state index in [1.54, 1.807) is 6.92 Å². The number of aliphatic hydroxyl groups excluding tert-OH is 2. The van der Waals surface area contributed by atoms with E-state index >= 15 is 0 Å². The van der Waals surface area contributed by atoms with Crippen LogP contribution < -0.4 is 0 Å². The van der Waals surface area contributed by atoms with Crippen LogP contribution in [0, 0.1) is 38.9 Å². The summed E-state index contributed by atoms with van der Waals surface area (Å²) in [6, 6.07) is 0. The van der Waals surface area contributed by atoms with Crippen molar-refractivity contribution in [1.82, 2.24) is 0 Å². The van der Waals surface area contributed by atoms with Gasteiger partial charge in [0, 0.05) is 6.08 Å². The molecule has 166 valence electrons. The lowest BCUT2D eigenvalue weighted by Crippen LogP contribution is -2.70. The number of ketones is 1. The van der Waals surface area contributed by atoms with E-state index in [0.717, 1.165) is 18.4 Å². The van der Waals surface area contributed by atoms with Crippen molar-refractivity contribution < 1.29 is 24.5 Å². The molecule has 4 rings (SSSR count). The molecule has 7 atom stereocenters. The number of rotatable bonds is 1. The lowest BCUT2D eigenvalue weighted by Gasteiger charge is -2.70. The zero-order chi connectivity index (χ0) is 22.5. The molecular formula is C25H36O5. The summed E-state index contributed by atoms with van der Waals surface area (Å²) in [5.41, 5.74) is -3.02. The van der Waals surface area contributed by atoms with E-state index in [1.165, 1.54) is 13.2 Å². The number of methoxy groups -OCH3 is 1. The second kappa shape index (κ2) is 5.99. The van der Waals surface area contributed by atoms with Gasteiger partial charge in [0.15, 0.2) is 11.2 Å². The molecule has 0 bridgehead atoms. The summed E-state index contributed by atoms with van der Waals surface area (Å²) < 4.78 is 5.28. The van der Waals surface area contributed by atoms with Gasteiger partial charge in [0.2, 0.25) is 0 Å². The molecule has 2 N–H and O–H groups in total. The molecule has 4 aliphatic rings. The van der Waals surface area contributed by atoms with Gasteiger partial charge in [-0.2, -0.15) is 0 Å². The van der Waals surface area contributed by atoms with E-state index in [4.69, 9.17) is 4.74 Å². The summed E-state index contributed by atoms with van der Waals surface area (Å²) in [7, 11) is 1.32. The highest BCUT2D eigenvalue weighted by Gasteiger charge is 2.80. The molecule has 30 heavy (non-hydrogen) atoms. The SMILES string of the molecule is C=C1C[C@H]2[C@]3(C)CC[C@@H](O)C(C)(C)[C@H]3CC[C@]2(C)[C@]2(C(=O)OC)C(=O)C=C(O)[C@]12C. The van der Waals surface area contributed by atoms with Crippen LogP contribution in [0.5, 0.6) is 0 Å². The molecule has 0 amide bonds. The van der Waals surface area contributed by atoms with E-state index in [-0.39, 0.29) is 40.3 Å². The maximum atomic E-state index is 13.6. The van der Waals surface area contributed by atoms with Gasteiger partial charge < -0.3 is 14.9 Å². The highest BCUT2D eigenvalue weighted by atomic mass is 16.5. The van der Waals surface area contributed by atoms with Crippen LogP contribution in [0.4, 0.5) is 0 Å². The molecule has 5 heteroatoms. The quantitative estimate of drug-likeness (QED) is 0.377. The van der Waals surface area contributed by atoms with Crippen LogP contribution in [-0.4, -0.2) is 35.2 Å². The Morgan fingerprint density at radius 3 is 2.37 bits per heavy atom. The fourth-order valence-electron chi connectivity index (χ4n) is 8.70. The lowest BCUT2D eigenvalue weighted by atomic mass is 9.32. The fraction of sp³-hybridized carbons (Fsp3) is 0.760. The predicted octanol–water partition coefficient (Wildman–Crippen LogP) is 4.36. The minimum atomic E-state index is -1.51. The Balaban J connectivity index is 1.96. The van der Waals surface area contributed by atoms with Gasteiger partial charge in [-0.3, -0.25) is 9.59 Å². The summed E-state index contributed by atoms with van der Waals surface area (Å²) in [5, 5.41) is 21.7. The molecule has 3 fully saturated rings. The number of ether oxygens (including phenoxy) is 1. The van der Waals surface area contributed by atoms with Gasteiger partial charge in [-0.15, -0.1) is 0 Å². The van der Waals surface area contributed by atoms with Crippen molar-refractivity contribution in [2.75, 3.05) is 7.11 Å². The number of allylic oxidation sites excluding steroid dienone is 2. The van der Waals surface area contributed by atoms with Gasteiger partial charge in [0.05, 0.1) is 18.6 Å². The van der Waals surface area contributed by atoms with Gasteiger partial charge >= 0.3 is 5.97 Å². The van der Waals surface area contributed by atoms with Crippen molar-refractivity contribution >= 4 is 11.8 Å². The number of esters is 1. The Morgan fingerprint density at radius 2 is 1.77 bits per heavy atom. The van der Waals surface area contributed by atoms with E-state index in [0.29, 0.717) is 19.3 Å². The minimum Gasteiger partial charge on any atom is -0.511 e. The summed E-state index contributed by atoms with van der Waals surface area (Å²) in [6.45, 7) is 14.7. The molecule has 0 unspecified atom stereocenters. The highest BCUT2D eigenvalue weighted by Crippen LogP contribution is 2.77. The second-order valence-corrected chi connectivity index (χ2v) is 11.5. The predicted molar refractivity (Wildman–Crippen MR) is 113 cm³/mol. The monoisotopic (exact) mass is 416 g/mol. The Morgan fingerprint density at radius 1 is 1.13 bits per heavy atom. The number of carbonyl (C=O) groups is 2. The normalized spacial score (nSPS) is 49.6. The first-order valence-electron chi connectivity index (χ1n) is 11.2. The first-order valence-corrected chi connectivity index (χ1v) is 11.2. The van der Waals surface area contributed by atoms with Crippen LogP contribution in [-0.2, 0) is 14.3 Å². The van der Waals surface area contributed by atoms with Crippen molar-refractivity contribution in [1.29, 1.82) is 0 Å². The van der Waals surface area contributed by atoms with Crippen molar-refractivity contribution in [3.05, 3.63) is 24.0 Å². The van der Waals surface area contributed by atoms with Gasteiger partial charge in [0.1, 0.15) is 5.76 Å². The standard InChI is InChI=1S/C25H36O5/c1-14-12-16-22(4)10-9-17(26)21(2,3)15(22)8-11-23(16,5)25(20(29)30-7)19(28)13-18(27)24(14,25)6/h13,15-17,26-27H,1,8-12H2,2-7H3/t15-,16+,17-,22-,23+,24+,25-/m1/s1. The molecule has 0 saturated heterocycles. The molecule has 4 aliphatic carbocycles. The molecule has 0 aromatic carbocycles. The lowest BCUT2D eigenvalue weighted by molar-refractivity contribution is -0.228. The van der Waals surface area contributed by atoms with Gasteiger partial charge in [-0.1, -0.05) is 39.8 Å². The van der Waals surface area contributed by atoms with E-state index in [2.05, 4.69) is 34.3 Å². The smallest absolute Gasteiger partial charge is 0.321 e. The van der Waals surface area contributed by atoms with Crippen LogP contribution in [0.2, 0.25) is 0 Å². The number of hydrogen-bond acceptors (Lipinski definition) is 5. The van der Waals surface area contributed by atoms with Gasteiger partial charge in [0.25, 0.3) is 0 Å². The number of fused-ring (bicyclic) bond motifs is 5. The molecule has 0 spiro atoms. The van der Waals surface area contributed by atoms with Crippen LogP contribution in [0.3, 0.4) is 0 Å². The van der Waals surface area contributed by atoms with E-state index < -0.39 is 22.2 Å². The third kappa shape index (κ3) is 1.99. The molecule has 0 aromatic rings. The number of hydrogen-bond donors (Lipinski definition) is 2.